The van der Waals surface area contributed by atoms with E-state index in [9.17, 15) is 18.0 Å². The molecule has 158 valence electrons. The Kier molecular flexibility index (Phi) is 5.37. The van der Waals surface area contributed by atoms with E-state index in [1.54, 1.807) is 24.3 Å². The highest BCUT2D eigenvalue weighted by Crippen LogP contribution is 2.30. The van der Waals surface area contributed by atoms with Gasteiger partial charge in [-0.3, -0.25) is 4.79 Å². The monoisotopic (exact) mass is 425 g/mol. The number of alkyl halides is 3. The standard InChI is InChI=1S/C23H18F3N3O2/c1-15-4-3-11-29-13-19(27-21(15)29)14-31-20-9-7-16(8-10-20)22(30)28-18-6-2-5-17(12-18)23(24,25)26/h2-13H,14H2,1H3,(H,28,30). The molecule has 0 saturated carbocycles. The molecule has 8 heteroatoms. The van der Waals surface area contributed by atoms with Crippen LogP contribution in [0.25, 0.3) is 5.65 Å². The fraction of sp³-hybridized carbons (Fsp3) is 0.130. The maximum absolute atomic E-state index is 12.8. The Labute approximate surface area is 176 Å². The van der Waals surface area contributed by atoms with Crippen LogP contribution < -0.4 is 10.1 Å². The number of anilines is 1. The summed E-state index contributed by atoms with van der Waals surface area (Å²) in [6.45, 7) is 2.24. The number of ether oxygens (including phenoxy) is 1. The number of hydrogen-bond acceptors (Lipinski definition) is 3. The number of aromatic nitrogens is 2. The SMILES string of the molecule is Cc1cccn2cc(COc3ccc(C(=O)Nc4cccc(C(F)(F)F)c4)cc3)nc12. The number of imidazole rings is 1. The molecule has 4 rings (SSSR count). The van der Waals surface area contributed by atoms with Gasteiger partial charge in [0, 0.05) is 23.6 Å². The van der Waals surface area contributed by atoms with Crippen molar-refractivity contribution < 1.29 is 22.7 Å². The molecule has 0 aliphatic rings. The summed E-state index contributed by atoms with van der Waals surface area (Å²) in [6, 6.07) is 14.8. The maximum Gasteiger partial charge on any atom is 0.416 e. The number of halogens is 3. The van der Waals surface area contributed by atoms with Gasteiger partial charge in [-0.1, -0.05) is 12.1 Å². The summed E-state index contributed by atoms with van der Waals surface area (Å²) in [7, 11) is 0. The minimum atomic E-state index is -4.47. The number of carbonyl (C=O) groups is 1. The van der Waals surface area contributed by atoms with Gasteiger partial charge in [0.05, 0.1) is 11.3 Å². The molecule has 0 unspecified atom stereocenters. The zero-order valence-corrected chi connectivity index (χ0v) is 16.5. The molecule has 0 bridgehead atoms. The fourth-order valence-electron chi connectivity index (χ4n) is 3.11. The number of aryl methyl sites for hydroxylation is 1. The van der Waals surface area contributed by atoms with Crippen LogP contribution in [0.15, 0.2) is 73.1 Å². The summed E-state index contributed by atoms with van der Waals surface area (Å²) in [6.07, 6.45) is -0.671. The van der Waals surface area contributed by atoms with Crippen molar-refractivity contribution in [1.29, 1.82) is 0 Å². The van der Waals surface area contributed by atoms with Crippen molar-refractivity contribution in [3.63, 3.8) is 0 Å². The first-order chi connectivity index (χ1) is 14.8. The van der Waals surface area contributed by atoms with Crippen LogP contribution in [0, 0.1) is 6.92 Å². The summed E-state index contributed by atoms with van der Waals surface area (Å²) < 4.78 is 46.1. The van der Waals surface area contributed by atoms with Crippen LogP contribution in [0.1, 0.15) is 27.2 Å². The first-order valence-electron chi connectivity index (χ1n) is 9.44. The summed E-state index contributed by atoms with van der Waals surface area (Å²) in [5.41, 5.74) is 2.24. The molecule has 2 aromatic carbocycles. The molecule has 0 spiro atoms. The Balaban J connectivity index is 1.39. The molecule has 2 heterocycles. The van der Waals surface area contributed by atoms with E-state index in [2.05, 4.69) is 10.3 Å². The number of fused-ring (bicyclic) bond motifs is 1. The van der Waals surface area contributed by atoms with Crippen molar-refractivity contribution >= 4 is 17.2 Å². The van der Waals surface area contributed by atoms with Crippen LogP contribution >= 0.6 is 0 Å². The van der Waals surface area contributed by atoms with Gasteiger partial charge in [-0.15, -0.1) is 0 Å². The summed E-state index contributed by atoms with van der Waals surface area (Å²) in [5.74, 6) is 0.0334. The minimum Gasteiger partial charge on any atom is -0.487 e. The molecule has 0 atom stereocenters. The van der Waals surface area contributed by atoms with Gasteiger partial charge in [0.1, 0.15) is 18.0 Å². The van der Waals surface area contributed by atoms with Gasteiger partial charge in [0.25, 0.3) is 5.91 Å². The van der Waals surface area contributed by atoms with Gasteiger partial charge in [-0.2, -0.15) is 13.2 Å². The molecule has 5 nitrogen and oxygen atoms in total. The lowest BCUT2D eigenvalue weighted by molar-refractivity contribution is -0.137. The maximum atomic E-state index is 12.8. The Hall–Kier alpha value is -3.81. The summed E-state index contributed by atoms with van der Waals surface area (Å²) >= 11 is 0. The number of nitrogens with zero attached hydrogens (tertiary/aromatic N) is 2. The van der Waals surface area contributed by atoms with Crippen molar-refractivity contribution in [2.45, 2.75) is 19.7 Å². The number of nitrogens with one attached hydrogen (secondary N) is 1. The average Bonchev–Trinajstić information content (AvgIpc) is 3.17. The van der Waals surface area contributed by atoms with E-state index < -0.39 is 17.6 Å². The Morgan fingerprint density at radius 3 is 2.58 bits per heavy atom. The largest absolute Gasteiger partial charge is 0.487 e. The highest BCUT2D eigenvalue weighted by molar-refractivity contribution is 6.04. The minimum absolute atomic E-state index is 0.0716. The molecule has 0 fully saturated rings. The number of benzene rings is 2. The van der Waals surface area contributed by atoms with Gasteiger partial charge in [-0.05, 0) is 61.0 Å². The first-order valence-corrected chi connectivity index (χ1v) is 9.44. The molecule has 4 aromatic rings. The third kappa shape index (κ3) is 4.69. The number of amides is 1. The molecule has 0 aliphatic carbocycles. The van der Waals surface area contributed by atoms with Crippen LogP contribution in [0.5, 0.6) is 5.75 Å². The molecule has 0 saturated heterocycles. The van der Waals surface area contributed by atoms with Gasteiger partial charge >= 0.3 is 6.18 Å². The molecule has 2 aromatic heterocycles. The molecule has 0 aliphatic heterocycles. The number of hydrogen-bond donors (Lipinski definition) is 1. The second kappa shape index (κ2) is 8.14. The lowest BCUT2D eigenvalue weighted by Crippen LogP contribution is -2.13. The molecule has 31 heavy (non-hydrogen) atoms. The molecular weight excluding hydrogens is 407 g/mol. The molecule has 1 amide bonds. The second-order valence-corrected chi connectivity index (χ2v) is 7.00. The lowest BCUT2D eigenvalue weighted by Gasteiger charge is -2.10. The van der Waals surface area contributed by atoms with Crippen molar-refractivity contribution in [2.75, 3.05) is 5.32 Å². The summed E-state index contributed by atoms with van der Waals surface area (Å²) in [5, 5.41) is 2.48. The predicted octanol–water partition coefficient (Wildman–Crippen LogP) is 5.49. The van der Waals surface area contributed by atoms with Crippen molar-refractivity contribution in [3.05, 3.63) is 95.4 Å². The highest BCUT2D eigenvalue weighted by atomic mass is 19.4. The van der Waals surface area contributed by atoms with Gasteiger partial charge in [0.2, 0.25) is 0 Å². The van der Waals surface area contributed by atoms with Crippen LogP contribution in [-0.4, -0.2) is 15.3 Å². The Bertz CT molecular complexity index is 1230. The Morgan fingerprint density at radius 2 is 1.87 bits per heavy atom. The number of pyridine rings is 1. The smallest absolute Gasteiger partial charge is 0.416 e. The van der Waals surface area contributed by atoms with Crippen molar-refractivity contribution in [1.82, 2.24) is 9.38 Å². The third-order valence-electron chi connectivity index (χ3n) is 4.68. The van der Waals surface area contributed by atoms with E-state index in [1.807, 2.05) is 35.9 Å². The van der Waals surface area contributed by atoms with Crippen molar-refractivity contribution in [3.8, 4) is 5.75 Å². The predicted molar refractivity (Wildman–Crippen MR) is 110 cm³/mol. The zero-order valence-electron chi connectivity index (χ0n) is 16.5. The fourth-order valence-corrected chi connectivity index (χ4v) is 3.11. The molecule has 0 radical (unpaired) electrons. The van der Waals surface area contributed by atoms with Crippen LogP contribution in [-0.2, 0) is 12.8 Å². The van der Waals surface area contributed by atoms with Gasteiger partial charge in [-0.25, -0.2) is 4.98 Å². The van der Waals surface area contributed by atoms with E-state index in [-0.39, 0.29) is 12.3 Å². The second-order valence-electron chi connectivity index (χ2n) is 7.00. The van der Waals surface area contributed by atoms with E-state index in [0.29, 0.717) is 11.3 Å². The normalized spacial score (nSPS) is 11.5. The summed E-state index contributed by atoms with van der Waals surface area (Å²) in [4.78, 5) is 16.9. The Morgan fingerprint density at radius 1 is 1.10 bits per heavy atom. The number of carbonyl (C=O) groups excluding carboxylic acids is 1. The topological polar surface area (TPSA) is 55.6 Å². The van der Waals surface area contributed by atoms with E-state index in [4.69, 9.17) is 4.74 Å². The van der Waals surface area contributed by atoms with Gasteiger partial charge < -0.3 is 14.5 Å². The number of rotatable bonds is 5. The van der Waals surface area contributed by atoms with E-state index in [1.165, 1.54) is 12.1 Å². The van der Waals surface area contributed by atoms with Crippen LogP contribution in [0.2, 0.25) is 0 Å². The van der Waals surface area contributed by atoms with Crippen molar-refractivity contribution in [2.24, 2.45) is 0 Å². The van der Waals surface area contributed by atoms with E-state index >= 15 is 0 Å². The van der Waals surface area contributed by atoms with E-state index in [0.717, 1.165) is 29.0 Å². The van der Waals surface area contributed by atoms with Crippen LogP contribution in [0.4, 0.5) is 18.9 Å². The first kappa shape index (κ1) is 20.5. The van der Waals surface area contributed by atoms with Gasteiger partial charge in [0.15, 0.2) is 0 Å². The average molecular weight is 425 g/mol. The highest BCUT2D eigenvalue weighted by Gasteiger charge is 2.30. The zero-order chi connectivity index (χ0) is 22.0. The lowest BCUT2D eigenvalue weighted by atomic mass is 10.1. The third-order valence-corrected chi connectivity index (χ3v) is 4.68. The quantitative estimate of drug-likeness (QED) is 0.460. The van der Waals surface area contributed by atoms with Crippen LogP contribution in [0.3, 0.4) is 0 Å². The molecular formula is C23H18F3N3O2. The molecule has 1 N–H and O–H groups in total.